The number of halogens is 2. The molecule has 0 aromatic heterocycles. The van der Waals surface area contributed by atoms with Gasteiger partial charge in [0.25, 0.3) is 0 Å². The van der Waals surface area contributed by atoms with Gasteiger partial charge in [-0.3, -0.25) is 14.6 Å². The van der Waals surface area contributed by atoms with Crippen molar-refractivity contribution in [3.8, 4) is 5.75 Å². The lowest BCUT2D eigenvalue weighted by Crippen LogP contribution is -2.45. The first-order valence-corrected chi connectivity index (χ1v) is 8.43. The number of hydrogen-bond acceptors (Lipinski definition) is 4. The Bertz CT molecular complexity index is 514. The van der Waals surface area contributed by atoms with E-state index in [0.717, 1.165) is 32.5 Å². The monoisotopic (exact) mass is 360 g/mol. The van der Waals surface area contributed by atoms with Crippen LogP contribution in [0.3, 0.4) is 0 Å². The zero-order valence-corrected chi connectivity index (χ0v) is 14.7. The zero-order chi connectivity index (χ0) is 16.8. The Hall–Kier alpha value is -1.01. The van der Waals surface area contributed by atoms with E-state index < -0.39 is 5.97 Å². The summed E-state index contributed by atoms with van der Waals surface area (Å²) in [6.45, 7) is 3.41. The van der Waals surface area contributed by atoms with Crippen LogP contribution < -0.4 is 4.74 Å². The minimum absolute atomic E-state index is 0.100. The number of rotatable bonds is 7. The highest BCUT2D eigenvalue weighted by atomic mass is 35.5. The zero-order valence-electron chi connectivity index (χ0n) is 13.2. The Kier molecular flexibility index (Phi) is 6.96. The number of likely N-dealkylation sites (N-methyl/N-ethyl adjacent to an activating group) is 1. The molecule has 0 radical (unpaired) electrons. The molecule has 1 heterocycles. The van der Waals surface area contributed by atoms with E-state index in [2.05, 4.69) is 4.90 Å². The maximum absolute atomic E-state index is 10.8. The number of hydrogen-bond donors (Lipinski definition) is 1. The van der Waals surface area contributed by atoms with Crippen molar-refractivity contribution >= 4 is 29.2 Å². The highest BCUT2D eigenvalue weighted by Gasteiger charge is 2.23. The fourth-order valence-electron chi connectivity index (χ4n) is 2.83. The summed E-state index contributed by atoms with van der Waals surface area (Å²) in [6.07, 6.45) is 1.96. The predicted molar refractivity (Wildman–Crippen MR) is 91.7 cm³/mol. The van der Waals surface area contributed by atoms with E-state index in [0.29, 0.717) is 28.4 Å². The van der Waals surface area contributed by atoms with E-state index >= 15 is 0 Å². The summed E-state index contributed by atoms with van der Waals surface area (Å²) in [7, 11) is 1.88. The SMILES string of the molecule is CN(CC(=O)O)C1CCN(CCOc2cc(Cl)cc(Cl)c2)CC1. The van der Waals surface area contributed by atoms with Crippen molar-refractivity contribution in [3.63, 3.8) is 0 Å². The molecule has 0 unspecified atom stereocenters. The number of benzene rings is 1. The summed E-state index contributed by atoms with van der Waals surface area (Å²) >= 11 is 11.9. The molecule has 1 saturated heterocycles. The lowest BCUT2D eigenvalue weighted by Gasteiger charge is -2.36. The van der Waals surface area contributed by atoms with Gasteiger partial charge >= 0.3 is 5.97 Å². The van der Waals surface area contributed by atoms with E-state index in [1.54, 1.807) is 18.2 Å². The number of carboxylic acid groups (broad SMARTS) is 1. The molecule has 5 nitrogen and oxygen atoms in total. The summed E-state index contributed by atoms with van der Waals surface area (Å²) < 4.78 is 5.70. The van der Waals surface area contributed by atoms with Crippen molar-refractivity contribution in [2.45, 2.75) is 18.9 Å². The lowest BCUT2D eigenvalue weighted by atomic mass is 10.0. The topological polar surface area (TPSA) is 53.0 Å². The van der Waals surface area contributed by atoms with Crippen molar-refractivity contribution in [3.05, 3.63) is 28.2 Å². The number of aliphatic carboxylic acids is 1. The van der Waals surface area contributed by atoms with Gasteiger partial charge in [-0.25, -0.2) is 0 Å². The summed E-state index contributed by atoms with van der Waals surface area (Å²) in [5.74, 6) is -0.0953. The molecular formula is C16H22Cl2N2O3. The van der Waals surface area contributed by atoms with Crippen molar-refractivity contribution in [1.82, 2.24) is 9.80 Å². The van der Waals surface area contributed by atoms with Crippen LogP contribution in [0.25, 0.3) is 0 Å². The second-order valence-electron chi connectivity index (χ2n) is 5.84. The maximum atomic E-state index is 10.8. The third kappa shape index (κ3) is 6.18. The lowest BCUT2D eigenvalue weighted by molar-refractivity contribution is -0.138. The summed E-state index contributed by atoms with van der Waals surface area (Å²) in [5.41, 5.74) is 0. The highest BCUT2D eigenvalue weighted by molar-refractivity contribution is 6.34. The molecule has 0 bridgehead atoms. The molecule has 0 spiro atoms. The number of carbonyl (C=O) groups is 1. The van der Waals surface area contributed by atoms with E-state index in [1.807, 2.05) is 11.9 Å². The smallest absolute Gasteiger partial charge is 0.317 e. The normalized spacial score (nSPS) is 16.7. The minimum Gasteiger partial charge on any atom is -0.492 e. The fourth-order valence-corrected chi connectivity index (χ4v) is 3.34. The van der Waals surface area contributed by atoms with Crippen LogP contribution >= 0.6 is 23.2 Å². The number of likely N-dealkylation sites (tertiary alicyclic amines) is 1. The standard InChI is InChI=1S/C16H22Cl2N2O3/c1-19(11-16(21)22)14-2-4-20(5-3-14)6-7-23-15-9-12(17)8-13(18)10-15/h8-10,14H,2-7,11H2,1H3,(H,21,22). The first-order chi connectivity index (χ1) is 10.9. The molecule has 0 aliphatic carbocycles. The first-order valence-electron chi connectivity index (χ1n) is 7.67. The van der Waals surface area contributed by atoms with Crippen LogP contribution in [0.2, 0.25) is 10.0 Å². The quantitative estimate of drug-likeness (QED) is 0.810. The van der Waals surface area contributed by atoms with Gasteiger partial charge in [-0.15, -0.1) is 0 Å². The maximum Gasteiger partial charge on any atom is 0.317 e. The van der Waals surface area contributed by atoms with Crippen LogP contribution in [0.15, 0.2) is 18.2 Å². The Morgan fingerprint density at radius 1 is 1.30 bits per heavy atom. The van der Waals surface area contributed by atoms with Gasteiger partial charge in [-0.2, -0.15) is 0 Å². The summed E-state index contributed by atoms with van der Waals surface area (Å²) in [5, 5.41) is 9.97. The average Bonchev–Trinajstić information content (AvgIpc) is 2.46. The molecule has 1 aliphatic rings. The van der Waals surface area contributed by atoms with Crippen LogP contribution in [0.5, 0.6) is 5.75 Å². The van der Waals surface area contributed by atoms with Gasteiger partial charge in [0.15, 0.2) is 0 Å². The largest absolute Gasteiger partial charge is 0.492 e. The van der Waals surface area contributed by atoms with Crippen molar-refractivity contribution in [1.29, 1.82) is 0 Å². The third-order valence-corrected chi connectivity index (χ3v) is 4.51. The van der Waals surface area contributed by atoms with Gasteiger partial charge in [0, 0.05) is 22.6 Å². The number of ether oxygens (including phenoxy) is 1. The van der Waals surface area contributed by atoms with Crippen molar-refractivity contribution in [2.75, 3.05) is 39.8 Å². The second-order valence-corrected chi connectivity index (χ2v) is 6.71. The molecule has 1 aromatic rings. The van der Waals surface area contributed by atoms with Crippen LogP contribution in [-0.4, -0.2) is 66.8 Å². The van der Waals surface area contributed by atoms with Crippen molar-refractivity contribution in [2.24, 2.45) is 0 Å². The Balaban J connectivity index is 1.69. The van der Waals surface area contributed by atoms with E-state index in [4.69, 9.17) is 33.0 Å². The molecule has 7 heteroatoms. The number of nitrogens with zero attached hydrogens (tertiary/aromatic N) is 2. The van der Waals surface area contributed by atoms with Gasteiger partial charge in [-0.1, -0.05) is 23.2 Å². The Labute approximate surface area is 146 Å². The Morgan fingerprint density at radius 3 is 2.48 bits per heavy atom. The number of carboxylic acids is 1. The molecule has 1 aliphatic heterocycles. The molecule has 0 amide bonds. The van der Waals surface area contributed by atoms with Crippen LogP contribution in [0.4, 0.5) is 0 Å². The second kappa shape index (κ2) is 8.73. The van der Waals surface area contributed by atoms with E-state index in [1.165, 1.54) is 0 Å². The molecule has 128 valence electrons. The predicted octanol–water partition coefficient (Wildman–Crippen LogP) is 2.85. The van der Waals surface area contributed by atoms with Gasteiger partial charge in [0.1, 0.15) is 12.4 Å². The molecule has 1 aromatic carbocycles. The summed E-state index contributed by atoms with van der Waals surface area (Å²) in [6, 6.07) is 5.52. The molecule has 0 atom stereocenters. The molecule has 2 rings (SSSR count). The van der Waals surface area contributed by atoms with E-state index in [-0.39, 0.29) is 6.54 Å². The fraction of sp³-hybridized carbons (Fsp3) is 0.562. The molecule has 1 N–H and O–H groups in total. The first kappa shape index (κ1) is 18.3. The van der Waals surface area contributed by atoms with Gasteiger partial charge < -0.3 is 9.84 Å². The molecular weight excluding hydrogens is 339 g/mol. The molecule has 1 fully saturated rings. The van der Waals surface area contributed by atoms with Gasteiger partial charge in [-0.05, 0) is 51.2 Å². The van der Waals surface area contributed by atoms with Crippen LogP contribution in [0.1, 0.15) is 12.8 Å². The van der Waals surface area contributed by atoms with Crippen LogP contribution in [-0.2, 0) is 4.79 Å². The average molecular weight is 361 g/mol. The summed E-state index contributed by atoms with van der Waals surface area (Å²) in [4.78, 5) is 15.0. The van der Waals surface area contributed by atoms with Gasteiger partial charge in [0.05, 0.1) is 6.54 Å². The van der Waals surface area contributed by atoms with Gasteiger partial charge in [0.2, 0.25) is 0 Å². The Morgan fingerprint density at radius 2 is 1.91 bits per heavy atom. The molecule has 23 heavy (non-hydrogen) atoms. The van der Waals surface area contributed by atoms with Crippen molar-refractivity contribution < 1.29 is 14.6 Å². The third-order valence-electron chi connectivity index (χ3n) is 4.08. The molecule has 0 saturated carbocycles. The number of piperidine rings is 1. The minimum atomic E-state index is -0.775. The van der Waals surface area contributed by atoms with Crippen LogP contribution in [0, 0.1) is 0 Å². The highest BCUT2D eigenvalue weighted by Crippen LogP contribution is 2.24. The van der Waals surface area contributed by atoms with E-state index in [9.17, 15) is 4.79 Å².